The summed E-state index contributed by atoms with van der Waals surface area (Å²) in [5.41, 5.74) is 1.90. The standard InChI is InChI=1S/C32H37BrN2O5/c1-38-27-18-28(39-2)20-29(19-27)40-22-31(36)35(21-24-13-15-25(33)16-14-24)30(17-23-9-5-3-6-10-23)32(37)34-26-11-7-4-8-12-26/h3,5-6,9-10,13-16,18-20,26,30H,4,7-8,11-12,17,21-22H2,1-2H3,(H,34,37)/t30-/m1/s1. The van der Waals surface area contributed by atoms with Crippen molar-refractivity contribution in [1.82, 2.24) is 10.2 Å². The van der Waals surface area contributed by atoms with Crippen LogP contribution in [0.25, 0.3) is 0 Å². The van der Waals surface area contributed by atoms with Crippen molar-refractivity contribution in [2.24, 2.45) is 0 Å². The van der Waals surface area contributed by atoms with Gasteiger partial charge in [0.15, 0.2) is 6.61 Å². The molecule has 4 rings (SSSR count). The Kier molecular flexibility index (Phi) is 10.9. The second kappa shape index (κ2) is 14.7. The number of halogens is 1. The smallest absolute Gasteiger partial charge is 0.261 e. The fourth-order valence-electron chi connectivity index (χ4n) is 4.98. The predicted octanol–water partition coefficient (Wildman–Crippen LogP) is 5.93. The number of methoxy groups -OCH3 is 2. The first kappa shape index (κ1) is 29.5. The maximum absolute atomic E-state index is 13.9. The van der Waals surface area contributed by atoms with Crippen LogP contribution in [0.1, 0.15) is 43.2 Å². The minimum atomic E-state index is -0.705. The summed E-state index contributed by atoms with van der Waals surface area (Å²) in [7, 11) is 3.12. The molecule has 8 heteroatoms. The third-order valence-electron chi connectivity index (χ3n) is 7.18. The van der Waals surface area contributed by atoms with Crippen LogP contribution in [0.15, 0.2) is 77.3 Å². The van der Waals surface area contributed by atoms with E-state index in [1.807, 2.05) is 54.6 Å². The molecule has 0 aliphatic heterocycles. The van der Waals surface area contributed by atoms with E-state index in [9.17, 15) is 9.59 Å². The summed E-state index contributed by atoms with van der Waals surface area (Å²) in [5, 5.41) is 3.26. The average molecular weight is 610 g/mol. The Hall–Kier alpha value is -3.52. The van der Waals surface area contributed by atoms with Gasteiger partial charge in [-0.25, -0.2) is 0 Å². The number of benzene rings is 3. The second-order valence-corrected chi connectivity index (χ2v) is 10.9. The number of hydrogen-bond donors (Lipinski definition) is 1. The van der Waals surface area contributed by atoms with E-state index < -0.39 is 6.04 Å². The second-order valence-electron chi connectivity index (χ2n) is 10.0. The minimum Gasteiger partial charge on any atom is -0.496 e. The highest BCUT2D eigenvalue weighted by Gasteiger charge is 2.32. The number of carbonyl (C=O) groups excluding carboxylic acids is 2. The van der Waals surface area contributed by atoms with Gasteiger partial charge in [0.1, 0.15) is 23.3 Å². The molecule has 0 spiro atoms. The molecule has 0 bridgehead atoms. The van der Waals surface area contributed by atoms with Gasteiger partial charge in [-0.15, -0.1) is 0 Å². The van der Waals surface area contributed by atoms with E-state index in [0.29, 0.717) is 23.7 Å². The molecule has 1 N–H and O–H groups in total. The van der Waals surface area contributed by atoms with Gasteiger partial charge in [-0.2, -0.15) is 0 Å². The van der Waals surface area contributed by atoms with Crippen LogP contribution >= 0.6 is 15.9 Å². The van der Waals surface area contributed by atoms with Gasteiger partial charge in [-0.1, -0.05) is 77.7 Å². The summed E-state index contributed by atoms with van der Waals surface area (Å²) in [4.78, 5) is 29.4. The Morgan fingerprint density at radius 1 is 0.875 bits per heavy atom. The van der Waals surface area contributed by atoms with Crippen molar-refractivity contribution in [1.29, 1.82) is 0 Å². The van der Waals surface area contributed by atoms with E-state index in [-0.39, 0.29) is 31.0 Å². The maximum atomic E-state index is 13.9. The van der Waals surface area contributed by atoms with E-state index in [4.69, 9.17) is 14.2 Å². The van der Waals surface area contributed by atoms with Crippen molar-refractivity contribution in [3.8, 4) is 17.2 Å². The summed E-state index contributed by atoms with van der Waals surface area (Å²) in [6.07, 6.45) is 5.73. The van der Waals surface area contributed by atoms with Crippen molar-refractivity contribution in [2.75, 3.05) is 20.8 Å². The fraction of sp³-hybridized carbons (Fsp3) is 0.375. The van der Waals surface area contributed by atoms with Crippen LogP contribution < -0.4 is 19.5 Å². The Labute approximate surface area is 244 Å². The first-order valence-electron chi connectivity index (χ1n) is 13.7. The molecule has 1 atom stereocenters. The zero-order chi connectivity index (χ0) is 28.3. The Bertz CT molecular complexity index is 1220. The molecular weight excluding hydrogens is 572 g/mol. The molecule has 0 radical (unpaired) electrons. The van der Waals surface area contributed by atoms with Gasteiger partial charge in [0.2, 0.25) is 5.91 Å². The van der Waals surface area contributed by atoms with Crippen LogP contribution in [-0.2, 0) is 22.6 Å². The van der Waals surface area contributed by atoms with Crippen LogP contribution in [0.4, 0.5) is 0 Å². The first-order chi connectivity index (χ1) is 19.4. The highest BCUT2D eigenvalue weighted by atomic mass is 79.9. The first-order valence-corrected chi connectivity index (χ1v) is 14.5. The van der Waals surface area contributed by atoms with E-state index in [1.54, 1.807) is 37.3 Å². The highest BCUT2D eigenvalue weighted by Crippen LogP contribution is 2.28. The third kappa shape index (κ3) is 8.49. The summed E-state index contributed by atoms with van der Waals surface area (Å²) < 4.78 is 17.5. The zero-order valence-electron chi connectivity index (χ0n) is 23.1. The number of nitrogens with one attached hydrogen (secondary N) is 1. The summed E-state index contributed by atoms with van der Waals surface area (Å²) in [6, 6.07) is 22.2. The van der Waals surface area contributed by atoms with Crippen molar-refractivity contribution in [3.63, 3.8) is 0 Å². The quantitative estimate of drug-likeness (QED) is 0.275. The molecule has 1 fully saturated rings. The van der Waals surface area contributed by atoms with Crippen molar-refractivity contribution in [3.05, 3.63) is 88.4 Å². The molecule has 0 saturated heterocycles. The molecule has 0 aromatic heterocycles. The van der Waals surface area contributed by atoms with E-state index >= 15 is 0 Å². The number of amides is 2. The van der Waals surface area contributed by atoms with Gasteiger partial charge in [0.25, 0.3) is 5.91 Å². The molecule has 3 aromatic rings. The third-order valence-corrected chi connectivity index (χ3v) is 7.70. The molecule has 1 aliphatic carbocycles. The van der Waals surface area contributed by atoms with Crippen molar-refractivity contribution < 1.29 is 23.8 Å². The lowest BCUT2D eigenvalue weighted by Crippen LogP contribution is -2.53. The molecule has 40 heavy (non-hydrogen) atoms. The summed E-state index contributed by atoms with van der Waals surface area (Å²) in [6.45, 7) is 0.0291. The molecule has 7 nitrogen and oxygen atoms in total. The molecule has 2 amide bonds. The Morgan fingerprint density at radius 3 is 2.12 bits per heavy atom. The fourth-order valence-corrected chi connectivity index (χ4v) is 5.24. The van der Waals surface area contributed by atoms with Gasteiger partial charge in [0.05, 0.1) is 14.2 Å². The Balaban J connectivity index is 1.61. The van der Waals surface area contributed by atoms with E-state index in [2.05, 4.69) is 21.2 Å². The van der Waals surface area contributed by atoms with Crippen LogP contribution in [0.5, 0.6) is 17.2 Å². The molecule has 0 unspecified atom stereocenters. The maximum Gasteiger partial charge on any atom is 0.261 e. The number of rotatable bonds is 12. The van der Waals surface area contributed by atoms with Gasteiger partial charge >= 0.3 is 0 Å². The Morgan fingerprint density at radius 2 is 1.50 bits per heavy atom. The number of ether oxygens (including phenoxy) is 3. The van der Waals surface area contributed by atoms with Crippen LogP contribution in [0.2, 0.25) is 0 Å². The van der Waals surface area contributed by atoms with Gasteiger partial charge in [-0.05, 0) is 36.1 Å². The molecule has 3 aromatic carbocycles. The predicted molar refractivity (Wildman–Crippen MR) is 159 cm³/mol. The number of nitrogens with zero attached hydrogens (tertiary/aromatic N) is 1. The minimum absolute atomic E-state index is 0.129. The largest absolute Gasteiger partial charge is 0.496 e. The monoisotopic (exact) mass is 608 g/mol. The molecule has 0 heterocycles. The lowest BCUT2D eigenvalue weighted by Gasteiger charge is -2.33. The van der Waals surface area contributed by atoms with Gasteiger partial charge in [0, 0.05) is 41.7 Å². The normalized spacial score (nSPS) is 14.2. The van der Waals surface area contributed by atoms with Crippen molar-refractivity contribution in [2.45, 2.75) is 57.2 Å². The average Bonchev–Trinajstić information content (AvgIpc) is 2.99. The number of carbonyl (C=O) groups is 2. The van der Waals surface area contributed by atoms with Crippen LogP contribution in [0.3, 0.4) is 0 Å². The van der Waals surface area contributed by atoms with E-state index in [1.165, 1.54) is 6.42 Å². The van der Waals surface area contributed by atoms with Gasteiger partial charge in [-0.3, -0.25) is 9.59 Å². The van der Waals surface area contributed by atoms with E-state index in [0.717, 1.165) is 41.3 Å². The lowest BCUT2D eigenvalue weighted by molar-refractivity contribution is -0.143. The zero-order valence-corrected chi connectivity index (χ0v) is 24.7. The highest BCUT2D eigenvalue weighted by molar-refractivity contribution is 9.10. The van der Waals surface area contributed by atoms with Crippen LogP contribution in [-0.4, -0.2) is 49.6 Å². The van der Waals surface area contributed by atoms with Crippen molar-refractivity contribution >= 4 is 27.7 Å². The summed E-state index contributed by atoms with van der Waals surface area (Å²) >= 11 is 3.48. The molecule has 212 valence electrons. The summed E-state index contributed by atoms with van der Waals surface area (Å²) in [5.74, 6) is 1.14. The lowest BCUT2D eigenvalue weighted by atomic mass is 9.94. The topological polar surface area (TPSA) is 77.1 Å². The molecule has 1 aliphatic rings. The van der Waals surface area contributed by atoms with Gasteiger partial charge < -0.3 is 24.4 Å². The molecule has 1 saturated carbocycles. The molecular formula is C32H37BrN2O5. The number of hydrogen-bond acceptors (Lipinski definition) is 5. The van der Waals surface area contributed by atoms with Crippen LogP contribution in [0, 0.1) is 0 Å². The SMILES string of the molecule is COc1cc(OC)cc(OCC(=O)N(Cc2ccc(Br)cc2)[C@H](Cc2ccccc2)C(=O)NC2CCCCC2)c1.